The zero-order chi connectivity index (χ0) is 15.9. The molecule has 3 N–H and O–H groups in total. The molecule has 0 saturated carbocycles. The van der Waals surface area contributed by atoms with Gasteiger partial charge in [-0.2, -0.15) is 0 Å². The average Bonchev–Trinajstić information content (AvgIpc) is 2.47. The molecule has 1 saturated heterocycles. The molecular weight excluding hydrogens is 292 g/mol. The zero-order valence-electron chi connectivity index (χ0n) is 13.0. The predicted octanol–water partition coefficient (Wildman–Crippen LogP) is -0.0462. The molecule has 1 rings (SSSR count). The van der Waals surface area contributed by atoms with Gasteiger partial charge in [-0.05, 0) is 12.8 Å². The van der Waals surface area contributed by atoms with Crippen LogP contribution in [0.4, 0.5) is 0 Å². The number of nitrogens with zero attached hydrogens (tertiary/aromatic N) is 3. The van der Waals surface area contributed by atoms with E-state index in [1.807, 2.05) is 13.8 Å². The van der Waals surface area contributed by atoms with E-state index in [4.69, 9.17) is 10.9 Å². The molecule has 1 fully saturated rings. The molecule has 0 bridgehead atoms. The highest BCUT2D eigenvalue weighted by atomic mass is 32.2. The Bertz CT molecular complexity index is 431. The lowest BCUT2D eigenvalue weighted by atomic mass is 10.1. The predicted molar refractivity (Wildman–Crippen MR) is 84.4 cm³/mol. The van der Waals surface area contributed by atoms with Crippen molar-refractivity contribution in [3.8, 4) is 0 Å². The summed E-state index contributed by atoms with van der Waals surface area (Å²) in [6.07, 6.45) is 1.47. The summed E-state index contributed by atoms with van der Waals surface area (Å²) in [5.41, 5.74) is 5.71. The van der Waals surface area contributed by atoms with E-state index in [0.29, 0.717) is 13.0 Å². The van der Waals surface area contributed by atoms with Crippen LogP contribution in [-0.4, -0.2) is 79.5 Å². The van der Waals surface area contributed by atoms with Crippen LogP contribution in [0.25, 0.3) is 0 Å². The Kier molecular flexibility index (Phi) is 7.41. The van der Waals surface area contributed by atoms with E-state index in [2.05, 4.69) is 15.0 Å². The molecule has 0 spiro atoms. The Morgan fingerprint density at radius 2 is 1.86 bits per heavy atom. The quantitative estimate of drug-likeness (QED) is 0.282. The van der Waals surface area contributed by atoms with Crippen LogP contribution >= 0.6 is 0 Å². The van der Waals surface area contributed by atoms with Gasteiger partial charge in [0.15, 0.2) is 15.7 Å². The molecule has 1 atom stereocenters. The highest BCUT2D eigenvalue weighted by molar-refractivity contribution is 7.91. The summed E-state index contributed by atoms with van der Waals surface area (Å²) in [6, 6.07) is -0.0408. The maximum absolute atomic E-state index is 11.7. The lowest BCUT2D eigenvalue weighted by Gasteiger charge is -2.38. The summed E-state index contributed by atoms with van der Waals surface area (Å²) in [4.78, 5) is 4.36. The van der Waals surface area contributed by atoms with E-state index < -0.39 is 9.84 Å². The van der Waals surface area contributed by atoms with Crippen molar-refractivity contribution in [2.75, 3.05) is 44.2 Å². The first-order valence-electron chi connectivity index (χ1n) is 7.57. The van der Waals surface area contributed by atoms with Gasteiger partial charge in [0, 0.05) is 38.5 Å². The van der Waals surface area contributed by atoms with Gasteiger partial charge in [0.2, 0.25) is 0 Å². The standard InChI is InChI=1S/C13H28N4O3S/c1-3-10-21(19,20)11-9-16-5-7-17(8-6-16)12(4-2)13(14)15-18/h12,18H,3-11H2,1-2H3,(H2,14,15). The van der Waals surface area contributed by atoms with Crippen LogP contribution in [-0.2, 0) is 9.84 Å². The molecule has 0 aromatic rings. The lowest BCUT2D eigenvalue weighted by Crippen LogP contribution is -2.54. The van der Waals surface area contributed by atoms with E-state index in [0.717, 1.165) is 32.6 Å². The summed E-state index contributed by atoms with van der Waals surface area (Å²) < 4.78 is 23.4. The Labute approximate surface area is 127 Å². The fourth-order valence-electron chi connectivity index (χ4n) is 2.70. The number of oxime groups is 1. The SMILES string of the molecule is CCCS(=O)(=O)CCN1CCN(C(CC)C(N)=NO)CC1. The van der Waals surface area contributed by atoms with Gasteiger partial charge in [-0.3, -0.25) is 9.80 Å². The molecule has 8 heteroatoms. The van der Waals surface area contributed by atoms with E-state index in [-0.39, 0.29) is 23.4 Å². The van der Waals surface area contributed by atoms with Crippen molar-refractivity contribution in [2.24, 2.45) is 10.9 Å². The van der Waals surface area contributed by atoms with Crippen molar-refractivity contribution >= 4 is 15.7 Å². The summed E-state index contributed by atoms with van der Waals surface area (Å²) >= 11 is 0. The highest BCUT2D eigenvalue weighted by Gasteiger charge is 2.25. The van der Waals surface area contributed by atoms with Gasteiger partial charge >= 0.3 is 0 Å². The van der Waals surface area contributed by atoms with Crippen LogP contribution in [0.2, 0.25) is 0 Å². The minimum atomic E-state index is -2.91. The first-order chi connectivity index (χ1) is 9.93. The second-order valence-electron chi connectivity index (χ2n) is 5.48. The van der Waals surface area contributed by atoms with Crippen LogP contribution < -0.4 is 5.73 Å². The second kappa shape index (κ2) is 8.55. The summed E-state index contributed by atoms with van der Waals surface area (Å²) in [5, 5.41) is 11.9. The number of amidine groups is 1. The Balaban J connectivity index is 2.42. The number of nitrogens with two attached hydrogens (primary N) is 1. The van der Waals surface area contributed by atoms with Crippen molar-refractivity contribution in [3.63, 3.8) is 0 Å². The third kappa shape index (κ3) is 5.80. The van der Waals surface area contributed by atoms with Gasteiger partial charge in [0.05, 0.1) is 11.8 Å². The van der Waals surface area contributed by atoms with Gasteiger partial charge in [-0.25, -0.2) is 8.42 Å². The third-order valence-corrected chi connectivity index (χ3v) is 5.76. The summed E-state index contributed by atoms with van der Waals surface area (Å²) in [7, 11) is -2.91. The maximum Gasteiger partial charge on any atom is 0.156 e. The van der Waals surface area contributed by atoms with Gasteiger partial charge in [-0.15, -0.1) is 0 Å². The largest absolute Gasteiger partial charge is 0.409 e. The Morgan fingerprint density at radius 3 is 2.33 bits per heavy atom. The van der Waals surface area contributed by atoms with E-state index >= 15 is 0 Å². The molecule has 0 radical (unpaired) electrons. The van der Waals surface area contributed by atoms with Crippen molar-refractivity contribution in [3.05, 3.63) is 0 Å². The molecule has 1 unspecified atom stereocenters. The molecule has 1 heterocycles. The molecule has 7 nitrogen and oxygen atoms in total. The van der Waals surface area contributed by atoms with Crippen LogP contribution in [0.1, 0.15) is 26.7 Å². The molecular formula is C13H28N4O3S. The van der Waals surface area contributed by atoms with Gasteiger partial charge in [0.25, 0.3) is 0 Å². The van der Waals surface area contributed by atoms with Crippen molar-refractivity contribution in [1.29, 1.82) is 0 Å². The van der Waals surface area contributed by atoms with E-state index in [1.165, 1.54) is 0 Å². The number of piperazine rings is 1. The number of rotatable bonds is 8. The van der Waals surface area contributed by atoms with Crippen LogP contribution in [0.15, 0.2) is 5.16 Å². The monoisotopic (exact) mass is 320 g/mol. The van der Waals surface area contributed by atoms with Crippen molar-refractivity contribution in [1.82, 2.24) is 9.80 Å². The van der Waals surface area contributed by atoms with Gasteiger partial charge in [0.1, 0.15) is 0 Å². The van der Waals surface area contributed by atoms with Gasteiger partial charge < -0.3 is 10.9 Å². The van der Waals surface area contributed by atoms with E-state index in [9.17, 15) is 8.42 Å². The molecule has 0 aliphatic carbocycles. The first-order valence-corrected chi connectivity index (χ1v) is 9.39. The molecule has 0 aromatic carbocycles. The Hall–Kier alpha value is -0.860. The van der Waals surface area contributed by atoms with Crippen LogP contribution in [0.3, 0.4) is 0 Å². The summed E-state index contributed by atoms with van der Waals surface area (Å²) in [6.45, 7) is 7.73. The summed E-state index contributed by atoms with van der Waals surface area (Å²) in [5.74, 6) is 0.753. The minimum absolute atomic E-state index is 0.0408. The number of hydrogen-bond donors (Lipinski definition) is 2. The Morgan fingerprint density at radius 1 is 1.24 bits per heavy atom. The highest BCUT2D eigenvalue weighted by Crippen LogP contribution is 2.10. The molecule has 124 valence electrons. The molecule has 1 aliphatic heterocycles. The minimum Gasteiger partial charge on any atom is -0.409 e. The number of sulfone groups is 1. The first kappa shape index (κ1) is 18.2. The molecule has 1 aliphatic rings. The number of hydrogen-bond acceptors (Lipinski definition) is 6. The molecule has 21 heavy (non-hydrogen) atoms. The maximum atomic E-state index is 11.7. The smallest absolute Gasteiger partial charge is 0.156 e. The average molecular weight is 320 g/mol. The fraction of sp³-hybridized carbons (Fsp3) is 0.923. The van der Waals surface area contributed by atoms with Crippen LogP contribution in [0, 0.1) is 0 Å². The lowest BCUT2D eigenvalue weighted by molar-refractivity contribution is 0.119. The normalized spacial score (nSPS) is 20.6. The second-order valence-corrected chi connectivity index (χ2v) is 7.78. The molecule has 0 amide bonds. The van der Waals surface area contributed by atoms with Crippen molar-refractivity contribution < 1.29 is 13.6 Å². The van der Waals surface area contributed by atoms with Crippen LogP contribution in [0.5, 0.6) is 0 Å². The molecule has 0 aromatic heterocycles. The topological polar surface area (TPSA) is 99.2 Å². The third-order valence-electron chi connectivity index (χ3n) is 3.92. The zero-order valence-corrected chi connectivity index (χ0v) is 13.8. The van der Waals surface area contributed by atoms with Crippen molar-refractivity contribution in [2.45, 2.75) is 32.7 Å². The van der Waals surface area contributed by atoms with Gasteiger partial charge in [-0.1, -0.05) is 19.0 Å². The fourth-order valence-corrected chi connectivity index (χ4v) is 4.06. The van der Waals surface area contributed by atoms with E-state index in [1.54, 1.807) is 0 Å².